The predicted octanol–water partition coefficient (Wildman–Crippen LogP) is 12.2. The fraction of sp³-hybridized carbons (Fsp3) is 0.102. The van der Waals surface area contributed by atoms with Crippen LogP contribution in [0.4, 0.5) is 0 Å². The minimum absolute atomic E-state index is 0.415. The first-order chi connectivity index (χ1) is 26.8. The van der Waals surface area contributed by atoms with Gasteiger partial charge >= 0.3 is 0 Å². The van der Waals surface area contributed by atoms with Crippen molar-refractivity contribution in [3.8, 4) is 45.3 Å². The number of nitrogens with zero attached hydrogens (tertiary/aromatic N) is 4. The normalized spacial score (nSPS) is 18.2. The van der Waals surface area contributed by atoms with E-state index in [0.717, 1.165) is 52.6 Å². The van der Waals surface area contributed by atoms with E-state index in [-0.39, 0.29) is 0 Å². The fourth-order valence-electron chi connectivity index (χ4n) is 7.72. The molecule has 2 aliphatic rings. The summed E-state index contributed by atoms with van der Waals surface area (Å²) in [5, 5.41) is 1.16. The monoisotopic (exact) mass is 714 g/mol. The summed E-state index contributed by atoms with van der Waals surface area (Å²) in [6, 6.07) is 49.1. The van der Waals surface area contributed by atoms with Gasteiger partial charge in [-0.25, -0.2) is 15.0 Å². The molecule has 0 amide bonds. The Morgan fingerprint density at radius 3 is 1.76 bits per heavy atom. The molecule has 5 aromatic carbocycles. The average molecular weight is 715 g/mol. The first kappa shape index (κ1) is 33.7. The third-order valence-electron chi connectivity index (χ3n) is 10.4. The summed E-state index contributed by atoms with van der Waals surface area (Å²) >= 11 is 1.93. The summed E-state index contributed by atoms with van der Waals surface area (Å²) in [7, 11) is 0. The van der Waals surface area contributed by atoms with Crippen LogP contribution in [-0.4, -0.2) is 25.7 Å². The average Bonchev–Trinajstić information content (AvgIpc) is 3.25. The molecule has 260 valence electrons. The Morgan fingerprint density at radius 1 is 0.500 bits per heavy atom. The third-order valence-corrected chi connectivity index (χ3v) is 11.4. The predicted molar refractivity (Wildman–Crippen MR) is 225 cm³/mol. The van der Waals surface area contributed by atoms with Gasteiger partial charge < -0.3 is 0 Å². The van der Waals surface area contributed by atoms with Crippen LogP contribution in [0.5, 0.6) is 0 Å². The van der Waals surface area contributed by atoms with Gasteiger partial charge in [0, 0.05) is 44.3 Å². The lowest BCUT2D eigenvalue weighted by molar-refractivity contribution is 0.617. The SMILES string of the molecule is C1=C2SC/C=C\C=C/CC(c3ccc(-c4nc(-c5ccccc5)nc(-c5ccccc5)n4)cc3)(c3ccc(-c4cccc5ncccc45)cc3)C2=CCC1. The maximum Gasteiger partial charge on any atom is 0.164 e. The fourth-order valence-corrected chi connectivity index (χ4v) is 8.76. The molecule has 0 spiro atoms. The van der Waals surface area contributed by atoms with Crippen molar-refractivity contribution in [2.24, 2.45) is 0 Å². The highest BCUT2D eigenvalue weighted by Crippen LogP contribution is 2.50. The van der Waals surface area contributed by atoms with Gasteiger partial charge in [0.15, 0.2) is 17.5 Å². The Hall–Kier alpha value is -6.17. The molecule has 0 radical (unpaired) electrons. The van der Waals surface area contributed by atoms with Crippen molar-refractivity contribution in [2.45, 2.75) is 24.7 Å². The molecule has 3 heterocycles. The van der Waals surface area contributed by atoms with E-state index in [1.54, 1.807) is 0 Å². The summed E-state index contributed by atoms with van der Waals surface area (Å²) in [4.78, 5) is 20.9. The van der Waals surface area contributed by atoms with Crippen molar-refractivity contribution in [3.63, 3.8) is 0 Å². The van der Waals surface area contributed by atoms with Crippen LogP contribution < -0.4 is 0 Å². The van der Waals surface area contributed by atoms with E-state index < -0.39 is 5.41 Å². The highest BCUT2D eigenvalue weighted by atomic mass is 32.2. The van der Waals surface area contributed by atoms with Crippen LogP contribution in [0.1, 0.15) is 30.4 Å². The van der Waals surface area contributed by atoms with E-state index in [1.165, 1.54) is 32.7 Å². The molecule has 1 unspecified atom stereocenters. The topological polar surface area (TPSA) is 51.6 Å². The molecule has 0 fully saturated rings. The Morgan fingerprint density at radius 2 is 1.09 bits per heavy atom. The number of hydrogen-bond donors (Lipinski definition) is 0. The zero-order valence-electron chi connectivity index (χ0n) is 29.8. The van der Waals surface area contributed by atoms with Gasteiger partial charge in [0.1, 0.15) is 0 Å². The van der Waals surface area contributed by atoms with E-state index in [0.29, 0.717) is 17.5 Å². The molecule has 9 rings (SSSR count). The Balaban J connectivity index is 1.19. The molecule has 0 saturated carbocycles. The number of thioether (sulfide) groups is 1. The summed E-state index contributed by atoms with van der Waals surface area (Å²) < 4.78 is 0. The van der Waals surface area contributed by atoms with Crippen LogP contribution in [0.3, 0.4) is 0 Å². The van der Waals surface area contributed by atoms with Gasteiger partial charge in [-0.2, -0.15) is 0 Å². The summed E-state index contributed by atoms with van der Waals surface area (Å²) in [5.74, 6) is 2.91. The maximum absolute atomic E-state index is 5.02. The summed E-state index contributed by atoms with van der Waals surface area (Å²) in [6.07, 6.45) is 18.7. The minimum Gasteiger partial charge on any atom is -0.256 e. The van der Waals surface area contributed by atoms with Crippen LogP contribution in [0, 0.1) is 0 Å². The zero-order valence-corrected chi connectivity index (χ0v) is 30.7. The summed E-state index contributed by atoms with van der Waals surface area (Å²) in [5.41, 5.74) is 9.72. The standard InChI is InChI=1S/C49H38N4S/c1-2-12-34-54-45-23-10-9-21-43(45)49(32-11-1,39-28-24-35(25-29-39)41-19-13-22-44-42(41)20-14-33-50-44)40-30-26-38(27-31-40)48-52-46(36-15-5-3-6-16-36)51-47(53-48)37-17-7-4-8-18-37/h1-8,11-31,33H,9-10,32,34H2/b11-1-,12-2-. The van der Waals surface area contributed by atoms with Gasteiger partial charge in [-0.3, -0.25) is 4.98 Å². The van der Waals surface area contributed by atoms with Crippen LogP contribution in [-0.2, 0) is 5.41 Å². The number of benzene rings is 5. The molecular formula is C49H38N4S. The van der Waals surface area contributed by atoms with Crippen molar-refractivity contribution in [2.75, 3.05) is 5.75 Å². The van der Waals surface area contributed by atoms with Gasteiger partial charge in [0.25, 0.3) is 0 Å². The molecular weight excluding hydrogens is 677 g/mol. The highest BCUT2D eigenvalue weighted by Gasteiger charge is 2.39. The second-order valence-electron chi connectivity index (χ2n) is 13.6. The van der Waals surface area contributed by atoms with Crippen LogP contribution in [0.2, 0.25) is 0 Å². The first-order valence-corrected chi connectivity index (χ1v) is 19.5. The second kappa shape index (κ2) is 15.1. The molecule has 2 aromatic heterocycles. The molecule has 0 N–H and O–H groups in total. The molecule has 1 atom stereocenters. The molecule has 4 nitrogen and oxygen atoms in total. The Bertz CT molecular complexity index is 2490. The van der Waals surface area contributed by atoms with E-state index in [9.17, 15) is 0 Å². The third kappa shape index (κ3) is 6.52. The van der Waals surface area contributed by atoms with E-state index in [2.05, 4.69) is 114 Å². The van der Waals surface area contributed by atoms with Gasteiger partial charge in [0.05, 0.1) is 5.52 Å². The van der Waals surface area contributed by atoms with Crippen LogP contribution in [0.15, 0.2) is 193 Å². The quantitative estimate of drug-likeness (QED) is 0.172. The van der Waals surface area contributed by atoms with Crippen molar-refractivity contribution in [1.29, 1.82) is 0 Å². The summed E-state index contributed by atoms with van der Waals surface area (Å²) in [6.45, 7) is 0. The van der Waals surface area contributed by atoms with E-state index >= 15 is 0 Å². The number of hydrogen-bond acceptors (Lipinski definition) is 5. The second-order valence-corrected chi connectivity index (χ2v) is 14.7. The first-order valence-electron chi connectivity index (χ1n) is 18.5. The maximum atomic E-state index is 5.02. The molecule has 1 aliphatic carbocycles. The zero-order chi connectivity index (χ0) is 36.2. The molecule has 54 heavy (non-hydrogen) atoms. The number of pyridine rings is 1. The van der Waals surface area contributed by atoms with E-state index in [4.69, 9.17) is 15.0 Å². The van der Waals surface area contributed by atoms with Gasteiger partial charge in [-0.1, -0.05) is 164 Å². The van der Waals surface area contributed by atoms with Gasteiger partial charge in [0.2, 0.25) is 0 Å². The molecule has 0 saturated heterocycles. The molecule has 7 aromatic rings. The van der Waals surface area contributed by atoms with Gasteiger partial charge in [-0.05, 0) is 59.2 Å². The minimum atomic E-state index is -0.415. The molecule has 1 aliphatic heterocycles. The lowest BCUT2D eigenvalue weighted by Gasteiger charge is -2.39. The number of aromatic nitrogens is 4. The Labute approximate surface area is 320 Å². The Kier molecular flexibility index (Phi) is 9.38. The molecule has 0 bridgehead atoms. The van der Waals surface area contributed by atoms with Crippen molar-refractivity contribution in [3.05, 3.63) is 204 Å². The smallest absolute Gasteiger partial charge is 0.164 e. The van der Waals surface area contributed by atoms with Crippen LogP contribution in [0.25, 0.3) is 56.2 Å². The highest BCUT2D eigenvalue weighted by molar-refractivity contribution is 8.03. The van der Waals surface area contributed by atoms with Gasteiger partial charge in [-0.15, -0.1) is 11.8 Å². The van der Waals surface area contributed by atoms with Crippen molar-refractivity contribution in [1.82, 2.24) is 19.9 Å². The number of rotatable bonds is 6. The largest absolute Gasteiger partial charge is 0.256 e. The van der Waals surface area contributed by atoms with Crippen LogP contribution >= 0.6 is 11.8 Å². The molecule has 5 heteroatoms. The lowest BCUT2D eigenvalue weighted by Crippen LogP contribution is -2.31. The van der Waals surface area contributed by atoms with E-state index in [1.807, 2.05) is 84.7 Å². The lowest BCUT2D eigenvalue weighted by atomic mass is 9.65. The number of allylic oxidation sites excluding steroid dienone is 6. The number of fused-ring (bicyclic) bond motifs is 2. The van der Waals surface area contributed by atoms with Crippen molar-refractivity contribution < 1.29 is 0 Å². The van der Waals surface area contributed by atoms with Crippen molar-refractivity contribution >= 4 is 22.7 Å².